The minimum atomic E-state index is -0.459. The average molecular weight is 254 g/mol. The van der Waals surface area contributed by atoms with Crippen molar-refractivity contribution in [3.05, 3.63) is 40.9 Å². The Morgan fingerprint density at radius 2 is 2.12 bits per heavy atom. The standard InChI is InChI=1S/C12H12F2N2S/c1-7(15-2)11-6-16-12(17-11)9-5-8(13)3-4-10(9)14/h3-7,15H,1-2H3. The largest absolute Gasteiger partial charge is 0.312 e. The zero-order chi connectivity index (χ0) is 12.4. The maximum atomic E-state index is 13.5. The van der Waals surface area contributed by atoms with Gasteiger partial charge in [-0.1, -0.05) is 0 Å². The third-order valence-electron chi connectivity index (χ3n) is 2.54. The molecule has 0 radical (unpaired) electrons. The summed E-state index contributed by atoms with van der Waals surface area (Å²) in [5.74, 6) is -0.913. The topological polar surface area (TPSA) is 24.9 Å². The van der Waals surface area contributed by atoms with Crippen LogP contribution in [-0.4, -0.2) is 12.0 Å². The van der Waals surface area contributed by atoms with Crippen LogP contribution >= 0.6 is 11.3 Å². The van der Waals surface area contributed by atoms with Crippen molar-refractivity contribution >= 4 is 11.3 Å². The molecule has 2 aromatic rings. The number of aromatic nitrogens is 1. The Morgan fingerprint density at radius 3 is 2.82 bits per heavy atom. The molecule has 1 atom stereocenters. The van der Waals surface area contributed by atoms with Crippen molar-refractivity contribution in [1.29, 1.82) is 0 Å². The van der Waals surface area contributed by atoms with Crippen LogP contribution in [0.5, 0.6) is 0 Å². The Morgan fingerprint density at radius 1 is 1.35 bits per heavy atom. The fourth-order valence-electron chi connectivity index (χ4n) is 1.41. The number of nitrogens with zero attached hydrogens (tertiary/aromatic N) is 1. The lowest BCUT2D eigenvalue weighted by Crippen LogP contribution is -2.10. The molecule has 0 aliphatic carbocycles. The summed E-state index contributed by atoms with van der Waals surface area (Å²) in [6.45, 7) is 1.99. The predicted octanol–water partition coefficient (Wildman–Crippen LogP) is 3.37. The van der Waals surface area contributed by atoms with Gasteiger partial charge in [0.1, 0.15) is 16.6 Å². The summed E-state index contributed by atoms with van der Waals surface area (Å²) in [6, 6.07) is 3.54. The molecule has 17 heavy (non-hydrogen) atoms. The Labute approximate surface area is 102 Å². The highest BCUT2D eigenvalue weighted by molar-refractivity contribution is 7.15. The molecule has 0 aliphatic rings. The fraction of sp³-hybridized carbons (Fsp3) is 0.250. The molecule has 0 fully saturated rings. The summed E-state index contributed by atoms with van der Waals surface area (Å²) in [5.41, 5.74) is 0.213. The summed E-state index contributed by atoms with van der Waals surface area (Å²) >= 11 is 1.36. The van der Waals surface area contributed by atoms with E-state index in [9.17, 15) is 8.78 Å². The Hall–Kier alpha value is -1.33. The monoisotopic (exact) mass is 254 g/mol. The van der Waals surface area contributed by atoms with E-state index in [4.69, 9.17) is 0 Å². The van der Waals surface area contributed by atoms with E-state index in [1.54, 1.807) is 6.20 Å². The van der Waals surface area contributed by atoms with Gasteiger partial charge < -0.3 is 5.32 Å². The summed E-state index contributed by atoms with van der Waals surface area (Å²) in [7, 11) is 1.84. The van der Waals surface area contributed by atoms with E-state index in [0.29, 0.717) is 5.01 Å². The number of hydrogen-bond acceptors (Lipinski definition) is 3. The molecule has 2 nitrogen and oxygen atoms in total. The molecule has 1 aromatic heterocycles. The minimum absolute atomic E-state index is 0.151. The number of hydrogen-bond donors (Lipinski definition) is 1. The molecule has 0 bridgehead atoms. The lowest BCUT2D eigenvalue weighted by atomic mass is 10.2. The third-order valence-corrected chi connectivity index (χ3v) is 3.76. The zero-order valence-corrected chi connectivity index (χ0v) is 10.3. The van der Waals surface area contributed by atoms with E-state index in [1.165, 1.54) is 17.4 Å². The molecule has 2 rings (SSSR count). The van der Waals surface area contributed by atoms with Gasteiger partial charge in [0.25, 0.3) is 0 Å². The number of thiazole rings is 1. The van der Waals surface area contributed by atoms with Crippen LogP contribution in [-0.2, 0) is 0 Å². The van der Waals surface area contributed by atoms with Crippen molar-refractivity contribution in [3.63, 3.8) is 0 Å². The van der Waals surface area contributed by atoms with Gasteiger partial charge in [-0.05, 0) is 32.2 Å². The van der Waals surface area contributed by atoms with Gasteiger partial charge in [0.15, 0.2) is 0 Å². The highest BCUT2D eigenvalue weighted by Crippen LogP contribution is 2.30. The van der Waals surface area contributed by atoms with Crippen molar-refractivity contribution in [3.8, 4) is 10.6 Å². The van der Waals surface area contributed by atoms with Gasteiger partial charge in [-0.3, -0.25) is 0 Å². The summed E-state index contributed by atoms with van der Waals surface area (Å²) in [5, 5.41) is 3.57. The highest BCUT2D eigenvalue weighted by Gasteiger charge is 2.13. The second kappa shape index (κ2) is 4.89. The maximum absolute atomic E-state index is 13.5. The SMILES string of the molecule is CNC(C)c1cnc(-c2cc(F)ccc2F)s1. The van der Waals surface area contributed by atoms with Gasteiger partial charge in [0.2, 0.25) is 0 Å². The second-order valence-corrected chi connectivity index (χ2v) is 4.76. The van der Waals surface area contributed by atoms with Gasteiger partial charge in [0.05, 0.1) is 0 Å². The normalized spacial score (nSPS) is 12.7. The van der Waals surface area contributed by atoms with Crippen LogP contribution in [0, 0.1) is 11.6 Å². The van der Waals surface area contributed by atoms with Gasteiger partial charge in [-0.2, -0.15) is 0 Å². The van der Waals surface area contributed by atoms with E-state index in [1.807, 2.05) is 14.0 Å². The molecule has 1 N–H and O–H groups in total. The second-order valence-electron chi connectivity index (χ2n) is 3.70. The molecule has 0 saturated heterocycles. The molecule has 1 aromatic carbocycles. The Kier molecular flexibility index (Phi) is 3.49. The van der Waals surface area contributed by atoms with E-state index in [2.05, 4.69) is 10.3 Å². The van der Waals surface area contributed by atoms with Crippen LogP contribution < -0.4 is 5.32 Å². The van der Waals surface area contributed by atoms with Crippen LogP contribution in [0.1, 0.15) is 17.8 Å². The van der Waals surface area contributed by atoms with Crippen LogP contribution in [0.4, 0.5) is 8.78 Å². The quantitative estimate of drug-likeness (QED) is 0.908. The molecule has 1 unspecified atom stereocenters. The summed E-state index contributed by atoms with van der Waals surface area (Å²) in [6.07, 6.45) is 1.69. The van der Waals surface area contributed by atoms with Crippen molar-refractivity contribution < 1.29 is 8.78 Å². The predicted molar refractivity (Wildman–Crippen MR) is 64.9 cm³/mol. The number of rotatable bonds is 3. The van der Waals surface area contributed by atoms with Crippen molar-refractivity contribution in [2.75, 3.05) is 7.05 Å². The Bertz CT molecular complexity index is 525. The fourth-order valence-corrected chi connectivity index (χ4v) is 2.41. The van der Waals surface area contributed by atoms with Gasteiger partial charge in [-0.15, -0.1) is 11.3 Å². The molecular formula is C12H12F2N2S. The van der Waals surface area contributed by atoms with Crippen LogP contribution in [0.3, 0.4) is 0 Å². The first-order valence-electron chi connectivity index (χ1n) is 5.20. The zero-order valence-electron chi connectivity index (χ0n) is 9.50. The molecule has 1 heterocycles. The van der Waals surface area contributed by atoms with Crippen molar-refractivity contribution in [2.45, 2.75) is 13.0 Å². The lowest BCUT2D eigenvalue weighted by molar-refractivity contribution is 0.603. The van der Waals surface area contributed by atoms with Gasteiger partial charge in [0, 0.05) is 22.7 Å². The molecule has 90 valence electrons. The van der Waals surface area contributed by atoms with E-state index >= 15 is 0 Å². The molecule has 0 saturated carbocycles. The molecule has 5 heteroatoms. The molecule has 0 aliphatic heterocycles. The minimum Gasteiger partial charge on any atom is -0.312 e. The molecule has 0 amide bonds. The smallest absolute Gasteiger partial charge is 0.133 e. The maximum Gasteiger partial charge on any atom is 0.133 e. The van der Waals surface area contributed by atoms with Gasteiger partial charge >= 0.3 is 0 Å². The van der Waals surface area contributed by atoms with E-state index < -0.39 is 11.6 Å². The van der Waals surface area contributed by atoms with Gasteiger partial charge in [-0.25, -0.2) is 13.8 Å². The van der Waals surface area contributed by atoms with Crippen LogP contribution in [0.25, 0.3) is 10.6 Å². The third kappa shape index (κ3) is 2.50. The van der Waals surface area contributed by atoms with E-state index in [-0.39, 0.29) is 11.6 Å². The van der Waals surface area contributed by atoms with Crippen molar-refractivity contribution in [1.82, 2.24) is 10.3 Å². The molecular weight excluding hydrogens is 242 g/mol. The van der Waals surface area contributed by atoms with E-state index in [0.717, 1.165) is 17.0 Å². The number of nitrogens with one attached hydrogen (secondary N) is 1. The van der Waals surface area contributed by atoms with Crippen LogP contribution in [0.2, 0.25) is 0 Å². The first kappa shape index (κ1) is 12.1. The molecule has 0 spiro atoms. The first-order valence-corrected chi connectivity index (χ1v) is 6.02. The number of benzene rings is 1. The summed E-state index contributed by atoms with van der Waals surface area (Å²) in [4.78, 5) is 5.12. The van der Waals surface area contributed by atoms with Crippen molar-refractivity contribution in [2.24, 2.45) is 0 Å². The average Bonchev–Trinajstić information content (AvgIpc) is 2.80. The highest BCUT2D eigenvalue weighted by atomic mass is 32.1. The lowest BCUT2D eigenvalue weighted by Gasteiger charge is -2.04. The summed E-state index contributed by atoms with van der Waals surface area (Å²) < 4.78 is 26.6. The van der Waals surface area contributed by atoms with Crippen LogP contribution in [0.15, 0.2) is 24.4 Å². The number of halogens is 2. The first-order chi connectivity index (χ1) is 8.11. The Balaban J connectivity index is 2.40.